The molecule has 5 rings (SSSR count). The van der Waals surface area contributed by atoms with Gasteiger partial charge in [0.05, 0.1) is 33.4 Å². The number of carbonyl (C=O) groups is 3. The highest BCUT2D eigenvalue weighted by atomic mass is 16.4. The second kappa shape index (κ2) is 6.66. The number of aromatic carboxylic acids is 1. The minimum absolute atomic E-state index is 0.197. The smallest absolute Gasteiger partial charge is 0.335 e. The average molecular weight is 397 g/mol. The van der Waals surface area contributed by atoms with Crippen molar-refractivity contribution in [2.75, 3.05) is 4.90 Å². The number of H-pyrrole nitrogens is 1. The maximum atomic E-state index is 12.6. The molecule has 7 nitrogen and oxygen atoms in total. The Balaban J connectivity index is 1.38. The van der Waals surface area contributed by atoms with Gasteiger partial charge in [0.15, 0.2) is 0 Å². The molecular formula is C23H15N3O4. The fraction of sp³-hybridized carbons (Fsp3) is 0.0435. The third kappa shape index (κ3) is 2.84. The molecule has 0 unspecified atom stereocenters. The minimum Gasteiger partial charge on any atom is -0.478 e. The number of amides is 2. The summed E-state index contributed by atoms with van der Waals surface area (Å²) >= 11 is 0. The van der Waals surface area contributed by atoms with Crippen LogP contribution < -0.4 is 4.90 Å². The second-order valence-electron chi connectivity index (χ2n) is 7.06. The minimum atomic E-state index is -0.989. The molecule has 1 aromatic heterocycles. The number of rotatable bonds is 4. The van der Waals surface area contributed by atoms with Crippen LogP contribution in [-0.2, 0) is 6.42 Å². The summed E-state index contributed by atoms with van der Waals surface area (Å²) < 4.78 is 0. The average Bonchev–Trinajstić information content (AvgIpc) is 3.26. The van der Waals surface area contributed by atoms with Crippen LogP contribution in [0.3, 0.4) is 0 Å². The van der Waals surface area contributed by atoms with Crippen LogP contribution in [0.2, 0.25) is 0 Å². The van der Waals surface area contributed by atoms with E-state index in [2.05, 4.69) is 9.97 Å². The number of carbonyl (C=O) groups excluding carboxylic acids is 2. The lowest BCUT2D eigenvalue weighted by Crippen LogP contribution is -2.29. The summed E-state index contributed by atoms with van der Waals surface area (Å²) in [4.78, 5) is 45.1. The van der Waals surface area contributed by atoms with E-state index in [1.807, 2.05) is 12.1 Å². The van der Waals surface area contributed by atoms with E-state index in [9.17, 15) is 14.4 Å². The van der Waals surface area contributed by atoms with Crippen LogP contribution in [0.4, 0.5) is 5.69 Å². The van der Waals surface area contributed by atoms with Gasteiger partial charge < -0.3 is 10.1 Å². The molecule has 30 heavy (non-hydrogen) atoms. The molecule has 0 radical (unpaired) electrons. The molecule has 0 fully saturated rings. The number of carboxylic acid groups (broad SMARTS) is 1. The number of imide groups is 1. The molecule has 0 bridgehead atoms. The van der Waals surface area contributed by atoms with Crippen LogP contribution in [0.5, 0.6) is 0 Å². The zero-order valence-corrected chi connectivity index (χ0v) is 15.6. The van der Waals surface area contributed by atoms with Crippen molar-refractivity contribution in [2.45, 2.75) is 6.42 Å². The van der Waals surface area contributed by atoms with Crippen LogP contribution in [0.25, 0.3) is 11.0 Å². The molecule has 2 amide bonds. The quantitative estimate of drug-likeness (QED) is 0.512. The van der Waals surface area contributed by atoms with Crippen molar-refractivity contribution in [2.24, 2.45) is 0 Å². The van der Waals surface area contributed by atoms with Gasteiger partial charge in [-0.15, -0.1) is 0 Å². The number of hydrogen-bond acceptors (Lipinski definition) is 4. The second-order valence-corrected chi connectivity index (χ2v) is 7.06. The zero-order valence-electron chi connectivity index (χ0n) is 15.6. The first kappa shape index (κ1) is 17.8. The Hall–Kier alpha value is -4.26. The molecule has 0 aliphatic carbocycles. The molecule has 0 atom stereocenters. The maximum absolute atomic E-state index is 12.6. The van der Waals surface area contributed by atoms with Gasteiger partial charge >= 0.3 is 5.97 Å². The molecule has 4 aromatic rings. The van der Waals surface area contributed by atoms with Gasteiger partial charge in [-0.05, 0) is 48.0 Å². The predicted molar refractivity (Wildman–Crippen MR) is 110 cm³/mol. The summed E-state index contributed by atoms with van der Waals surface area (Å²) in [6, 6.07) is 18.7. The highest BCUT2D eigenvalue weighted by molar-refractivity contribution is 6.34. The molecule has 7 heteroatoms. The Bertz CT molecular complexity index is 1300. The number of imidazole rings is 1. The number of aromatic amines is 1. The lowest BCUT2D eigenvalue weighted by molar-refractivity contribution is 0.0696. The molecule has 0 spiro atoms. The Kier molecular flexibility index (Phi) is 3.96. The number of carboxylic acids is 1. The van der Waals surface area contributed by atoms with Crippen molar-refractivity contribution in [3.05, 3.63) is 94.8 Å². The van der Waals surface area contributed by atoms with Crippen molar-refractivity contribution in [1.82, 2.24) is 9.97 Å². The Morgan fingerprint density at radius 1 is 0.933 bits per heavy atom. The standard InChI is InChI=1S/C23H15N3O4/c27-21-16-3-1-2-4-17(16)22(28)26(21)15-8-5-13(6-9-15)11-20-24-18-10-7-14(23(29)30)12-19(18)25-20/h1-10,12H,11H2,(H,24,25)(H,29,30). The van der Waals surface area contributed by atoms with Gasteiger partial charge in [0.25, 0.3) is 11.8 Å². The summed E-state index contributed by atoms with van der Waals surface area (Å²) in [6.07, 6.45) is 0.499. The molecule has 2 N–H and O–H groups in total. The number of fused-ring (bicyclic) bond motifs is 2. The van der Waals surface area contributed by atoms with E-state index in [1.54, 1.807) is 48.5 Å². The monoisotopic (exact) mass is 397 g/mol. The van der Waals surface area contributed by atoms with Crippen molar-refractivity contribution in [3.8, 4) is 0 Å². The van der Waals surface area contributed by atoms with Crippen LogP contribution in [0.1, 0.15) is 42.5 Å². The molecular weight excluding hydrogens is 382 g/mol. The van der Waals surface area contributed by atoms with E-state index in [0.717, 1.165) is 5.56 Å². The van der Waals surface area contributed by atoms with Gasteiger partial charge in [0.2, 0.25) is 0 Å². The first-order valence-electron chi connectivity index (χ1n) is 9.30. The number of nitrogens with zero attached hydrogens (tertiary/aromatic N) is 2. The van der Waals surface area contributed by atoms with Gasteiger partial charge in [-0.25, -0.2) is 14.7 Å². The maximum Gasteiger partial charge on any atom is 0.335 e. The third-order valence-electron chi connectivity index (χ3n) is 5.14. The van der Waals surface area contributed by atoms with E-state index in [-0.39, 0.29) is 17.4 Å². The van der Waals surface area contributed by atoms with Crippen LogP contribution >= 0.6 is 0 Å². The first-order chi connectivity index (χ1) is 14.5. The Labute approximate surface area is 170 Å². The number of anilines is 1. The molecule has 1 aliphatic rings. The molecule has 2 heterocycles. The molecule has 0 saturated heterocycles. The van der Waals surface area contributed by atoms with E-state index in [1.165, 1.54) is 11.0 Å². The van der Waals surface area contributed by atoms with Gasteiger partial charge in [-0.2, -0.15) is 0 Å². The van der Waals surface area contributed by atoms with E-state index in [0.29, 0.717) is 40.1 Å². The van der Waals surface area contributed by atoms with Crippen LogP contribution in [-0.4, -0.2) is 32.9 Å². The fourth-order valence-corrected chi connectivity index (χ4v) is 3.66. The predicted octanol–water partition coefficient (Wildman–Crippen LogP) is 3.65. The van der Waals surface area contributed by atoms with Gasteiger partial charge in [-0.1, -0.05) is 24.3 Å². The number of nitrogens with one attached hydrogen (secondary N) is 1. The number of benzene rings is 3. The summed E-state index contributed by atoms with van der Waals surface area (Å²) in [5, 5.41) is 9.11. The van der Waals surface area contributed by atoms with Crippen molar-refractivity contribution in [3.63, 3.8) is 0 Å². The zero-order chi connectivity index (χ0) is 20.8. The van der Waals surface area contributed by atoms with Crippen LogP contribution in [0, 0.1) is 0 Å². The lowest BCUT2D eigenvalue weighted by atomic mass is 10.1. The SMILES string of the molecule is O=C(O)c1ccc2nc(Cc3ccc(N4C(=O)c5ccccc5C4=O)cc3)[nH]c2c1. The molecule has 0 saturated carbocycles. The molecule has 1 aliphatic heterocycles. The fourth-order valence-electron chi connectivity index (χ4n) is 3.66. The van der Waals surface area contributed by atoms with E-state index >= 15 is 0 Å². The van der Waals surface area contributed by atoms with Gasteiger partial charge in [0, 0.05) is 6.42 Å². The summed E-state index contributed by atoms with van der Waals surface area (Å²) in [5.41, 5.74) is 3.82. The lowest BCUT2D eigenvalue weighted by Gasteiger charge is -2.14. The van der Waals surface area contributed by atoms with E-state index < -0.39 is 5.97 Å². The third-order valence-corrected chi connectivity index (χ3v) is 5.14. The molecule has 3 aromatic carbocycles. The Morgan fingerprint density at radius 2 is 1.60 bits per heavy atom. The van der Waals surface area contributed by atoms with Crippen LogP contribution in [0.15, 0.2) is 66.7 Å². The van der Waals surface area contributed by atoms with Crippen molar-refractivity contribution >= 4 is 34.5 Å². The highest BCUT2D eigenvalue weighted by Crippen LogP contribution is 2.28. The van der Waals surface area contributed by atoms with E-state index in [4.69, 9.17) is 5.11 Å². The molecule has 146 valence electrons. The summed E-state index contributed by atoms with van der Waals surface area (Å²) in [7, 11) is 0. The Morgan fingerprint density at radius 3 is 2.23 bits per heavy atom. The summed E-state index contributed by atoms with van der Waals surface area (Å²) in [5.74, 6) is -0.942. The first-order valence-corrected chi connectivity index (χ1v) is 9.30. The van der Waals surface area contributed by atoms with Gasteiger partial charge in [0.1, 0.15) is 5.82 Å². The topological polar surface area (TPSA) is 103 Å². The summed E-state index contributed by atoms with van der Waals surface area (Å²) in [6.45, 7) is 0. The van der Waals surface area contributed by atoms with Crippen molar-refractivity contribution in [1.29, 1.82) is 0 Å². The highest BCUT2D eigenvalue weighted by Gasteiger charge is 2.36. The van der Waals surface area contributed by atoms with Gasteiger partial charge in [-0.3, -0.25) is 9.59 Å². The van der Waals surface area contributed by atoms with Crippen molar-refractivity contribution < 1.29 is 19.5 Å². The number of aromatic nitrogens is 2. The largest absolute Gasteiger partial charge is 0.478 e. The number of hydrogen-bond donors (Lipinski definition) is 2. The normalized spacial score (nSPS) is 13.1.